The molecule has 2 aromatic carbocycles. The topological polar surface area (TPSA) is 49.4 Å². The summed E-state index contributed by atoms with van der Waals surface area (Å²) in [6, 6.07) is 14.7. The maximum Gasteiger partial charge on any atom is 0.250 e. The number of carbonyl (C=O) groups excluding carboxylic acids is 2. The molecule has 128 valence electrons. The summed E-state index contributed by atoms with van der Waals surface area (Å²) in [7, 11) is 3.97. The zero-order valence-electron chi connectivity index (χ0n) is 14.7. The van der Waals surface area contributed by atoms with Gasteiger partial charge in [0.2, 0.25) is 0 Å². The Hall–Kier alpha value is -3.14. The van der Waals surface area contributed by atoms with Crippen LogP contribution in [0.4, 0.5) is 11.4 Å². The molecule has 2 aromatic rings. The largest absolute Gasteiger partial charge is 0.378 e. The molecule has 0 aliphatic heterocycles. The Kier molecular flexibility index (Phi) is 5.90. The minimum Gasteiger partial charge on any atom is -0.378 e. The third kappa shape index (κ3) is 5.18. The molecule has 0 saturated carbocycles. The van der Waals surface area contributed by atoms with Crippen LogP contribution < -0.4 is 10.2 Å². The molecule has 0 atom stereocenters. The molecule has 0 aliphatic carbocycles. The third-order valence-electron chi connectivity index (χ3n) is 3.65. The fourth-order valence-corrected chi connectivity index (χ4v) is 2.11. The molecule has 0 unspecified atom stereocenters. The van der Waals surface area contributed by atoms with Crippen molar-refractivity contribution < 1.29 is 9.59 Å². The van der Waals surface area contributed by atoms with Gasteiger partial charge in [-0.05, 0) is 55.0 Å². The molecule has 0 bridgehead atoms. The molecule has 0 heterocycles. The van der Waals surface area contributed by atoms with E-state index in [9.17, 15) is 9.59 Å². The van der Waals surface area contributed by atoms with Crippen LogP contribution in [-0.2, 0) is 4.79 Å². The van der Waals surface area contributed by atoms with E-state index in [-0.39, 0.29) is 11.7 Å². The van der Waals surface area contributed by atoms with Crippen LogP contribution in [0.25, 0.3) is 6.08 Å². The standard InChI is InChI=1S/C21H22N2O2/c1-15(2)21(25)22-18-10-8-17(9-11-18)20(24)14-7-16-5-12-19(13-6-16)23(3)4/h5-14H,1H2,2-4H3,(H,22,25)/b14-7+. The van der Waals surface area contributed by atoms with Crippen molar-refractivity contribution >= 4 is 29.1 Å². The van der Waals surface area contributed by atoms with E-state index >= 15 is 0 Å². The maximum atomic E-state index is 12.2. The van der Waals surface area contributed by atoms with E-state index in [0.29, 0.717) is 16.8 Å². The lowest BCUT2D eigenvalue weighted by Gasteiger charge is -2.11. The lowest BCUT2D eigenvalue weighted by Crippen LogP contribution is -2.11. The number of benzene rings is 2. The lowest BCUT2D eigenvalue weighted by molar-refractivity contribution is -0.112. The van der Waals surface area contributed by atoms with E-state index in [0.717, 1.165) is 11.3 Å². The summed E-state index contributed by atoms with van der Waals surface area (Å²) in [5, 5.41) is 2.71. The number of amides is 1. The van der Waals surface area contributed by atoms with Crippen molar-refractivity contribution in [1.29, 1.82) is 0 Å². The van der Waals surface area contributed by atoms with Crippen molar-refractivity contribution in [2.75, 3.05) is 24.3 Å². The molecule has 0 spiro atoms. The molecular weight excluding hydrogens is 312 g/mol. The molecule has 4 heteroatoms. The van der Waals surface area contributed by atoms with Crippen LogP contribution in [0.1, 0.15) is 22.8 Å². The molecular formula is C21H22N2O2. The first-order valence-electron chi connectivity index (χ1n) is 7.93. The Bertz CT molecular complexity index is 801. The van der Waals surface area contributed by atoms with Gasteiger partial charge in [0, 0.05) is 36.6 Å². The van der Waals surface area contributed by atoms with E-state index in [1.807, 2.05) is 43.3 Å². The summed E-state index contributed by atoms with van der Waals surface area (Å²) in [5.74, 6) is -0.324. The van der Waals surface area contributed by atoms with E-state index < -0.39 is 0 Å². The number of hydrogen-bond donors (Lipinski definition) is 1. The number of allylic oxidation sites excluding steroid dienone is 1. The Morgan fingerprint density at radius 3 is 2.12 bits per heavy atom. The fraction of sp³-hybridized carbons (Fsp3) is 0.143. The predicted octanol–water partition coefficient (Wildman–Crippen LogP) is 4.16. The van der Waals surface area contributed by atoms with Gasteiger partial charge in [-0.25, -0.2) is 0 Å². The van der Waals surface area contributed by atoms with Crippen molar-refractivity contribution in [3.63, 3.8) is 0 Å². The summed E-state index contributed by atoms with van der Waals surface area (Å²) < 4.78 is 0. The molecule has 25 heavy (non-hydrogen) atoms. The molecule has 0 aromatic heterocycles. The van der Waals surface area contributed by atoms with Gasteiger partial charge in [0.05, 0.1) is 0 Å². The smallest absolute Gasteiger partial charge is 0.250 e. The number of anilines is 2. The second-order valence-corrected chi connectivity index (χ2v) is 6.00. The summed E-state index contributed by atoms with van der Waals surface area (Å²) in [5.41, 5.74) is 3.70. The molecule has 0 saturated heterocycles. The quantitative estimate of drug-likeness (QED) is 0.637. The Labute approximate surface area is 148 Å². The summed E-state index contributed by atoms with van der Waals surface area (Å²) in [6.45, 7) is 5.23. The predicted molar refractivity (Wildman–Crippen MR) is 104 cm³/mol. The van der Waals surface area contributed by atoms with Gasteiger partial charge in [0.1, 0.15) is 0 Å². The zero-order chi connectivity index (χ0) is 18.4. The van der Waals surface area contributed by atoms with E-state index in [1.165, 1.54) is 0 Å². The first kappa shape index (κ1) is 18.2. The number of rotatable bonds is 6. The van der Waals surface area contributed by atoms with Crippen LogP contribution >= 0.6 is 0 Å². The fourth-order valence-electron chi connectivity index (χ4n) is 2.11. The van der Waals surface area contributed by atoms with Crippen molar-refractivity contribution in [3.05, 3.63) is 77.9 Å². The first-order valence-corrected chi connectivity index (χ1v) is 7.93. The average molecular weight is 334 g/mol. The van der Waals surface area contributed by atoms with Gasteiger partial charge in [-0.3, -0.25) is 9.59 Å². The van der Waals surface area contributed by atoms with Gasteiger partial charge in [0.15, 0.2) is 5.78 Å². The normalized spacial score (nSPS) is 10.5. The Morgan fingerprint density at radius 2 is 1.60 bits per heavy atom. The van der Waals surface area contributed by atoms with Crippen LogP contribution in [0.3, 0.4) is 0 Å². The monoisotopic (exact) mass is 334 g/mol. The van der Waals surface area contributed by atoms with Crippen LogP contribution in [0.2, 0.25) is 0 Å². The van der Waals surface area contributed by atoms with Gasteiger partial charge < -0.3 is 10.2 Å². The lowest BCUT2D eigenvalue weighted by atomic mass is 10.1. The van der Waals surface area contributed by atoms with Gasteiger partial charge in [-0.2, -0.15) is 0 Å². The van der Waals surface area contributed by atoms with Crippen molar-refractivity contribution in [3.8, 4) is 0 Å². The summed E-state index contributed by atoms with van der Waals surface area (Å²) >= 11 is 0. The second kappa shape index (κ2) is 8.11. The van der Waals surface area contributed by atoms with Crippen LogP contribution in [0, 0.1) is 0 Å². The van der Waals surface area contributed by atoms with Crippen LogP contribution in [-0.4, -0.2) is 25.8 Å². The van der Waals surface area contributed by atoms with Gasteiger partial charge in [-0.1, -0.05) is 24.8 Å². The molecule has 1 N–H and O–H groups in total. The highest BCUT2D eigenvalue weighted by molar-refractivity contribution is 6.07. The molecule has 1 amide bonds. The SMILES string of the molecule is C=C(C)C(=O)Nc1ccc(C(=O)/C=C/c2ccc(N(C)C)cc2)cc1. The first-order chi connectivity index (χ1) is 11.9. The summed E-state index contributed by atoms with van der Waals surface area (Å²) in [4.78, 5) is 25.8. The number of ketones is 1. The maximum absolute atomic E-state index is 12.2. The van der Waals surface area contributed by atoms with E-state index in [1.54, 1.807) is 43.3 Å². The third-order valence-corrected chi connectivity index (χ3v) is 3.65. The number of hydrogen-bond acceptors (Lipinski definition) is 3. The highest BCUT2D eigenvalue weighted by Gasteiger charge is 2.05. The van der Waals surface area contributed by atoms with Gasteiger partial charge >= 0.3 is 0 Å². The average Bonchev–Trinajstić information content (AvgIpc) is 2.60. The molecule has 2 rings (SSSR count). The zero-order valence-corrected chi connectivity index (χ0v) is 14.7. The van der Waals surface area contributed by atoms with Gasteiger partial charge in [0.25, 0.3) is 5.91 Å². The number of nitrogens with zero attached hydrogens (tertiary/aromatic N) is 1. The van der Waals surface area contributed by atoms with Crippen molar-refractivity contribution in [2.24, 2.45) is 0 Å². The minimum atomic E-state index is -0.236. The molecule has 0 fully saturated rings. The van der Waals surface area contributed by atoms with Crippen molar-refractivity contribution in [1.82, 2.24) is 0 Å². The van der Waals surface area contributed by atoms with Gasteiger partial charge in [-0.15, -0.1) is 0 Å². The van der Waals surface area contributed by atoms with Crippen molar-refractivity contribution in [2.45, 2.75) is 6.92 Å². The Balaban J connectivity index is 2.02. The number of nitrogens with one attached hydrogen (secondary N) is 1. The highest BCUT2D eigenvalue weighted by atomic mass is 16.1. The molecule has 0 aliphatic rings. The Morgan fingerprint density at radius 1 is 1.00 bits per heavy atom. The minimum absolute atomic E-state index is 0.0885. The van der Waals surface area contributed by atoms with E-state index in [4.69, 9.17) is 0 Å². The van der Waals surface area contributed by atoms with Crippen LogP contribution in [0.15, 0.2) is 66.8 Å². The molecule has 0 radical (unpaired) electrons. The molecule has 4 nitrogen and oxygen atoms in total. The van der Waals surface area contributed by atoms with Crippen LogP contribution in [0.5, 0.6) is 0 Å². The van der Waals surface area contributed by atoms with E-state index in [2.05, 4.69) is 11.9 Å². The highest BCUT2D eigenvalue weighted by Crippen LogP contribution is 2.15. The second-order valence-electron chi connectivity index (χ2n) is 6.00. The number of carbonyl (C=O) groups is 2. The summed E-state index contributed by atoms with van der Waals surface area (Å²) in [6.07, 6.45) is 3.34.